The van der Waals surface area contributed by atoms with E-state index in [2.05, 4.69) is 5.32 Å². The Morgan fingerprint density at radius 2 is 1.81 bits per heavy atom. The molecule has 2 aliphatic rings. The number of nitrogens with two attached hydrogens (primary N) is 1. The number of primary sulfonamides is 1. The molecule has 2 aromatic rings. The van der Waals surface area contributed by atoms with Crippen LogP contribution in [0.1, 0.15) is 40.9 Å². The molecular formula is C25H26BFN4O10S. The Labute approximate surface area is 239 Å². The fourth-order valence-electron chi connectivity index (χ4n) is 4.82. The molecule has 42 heavy (non-hydrogen) atoms. The van der Waals surface area contributed by atoms with Gasteiger partial charge in [-0.3, -0.25) is 19.3 Å². The topological polar surface area (TPSA) is 214 Å². The van der Waals surface area contributed by atoms with Crippen LogP contribution in [0.2, 0.25) is 5.82 Å². The SMILES string of the molecule is CCN1CCN(C(=O)NC(C(=O)C[C@H]2Cc3ccc(F)c(C(=O)O)c3OB2O)c2ccc(S(N)(=O)=O)cc2)C(=O)C1=O. The van der Waals surface area contributed by atoms with Crippen LogP contribution in [0.15, 0.2) is 41.3 Å². The number of carboxylic acids is 1. The molecule has 2 atom stereocenters. The van der Waals surface area contributed by atoms with Gasteiger partial charge in [0, 0.05) is 31.9 Å². The first-order valence-corrected chi connectivity index (χ1v) is 14.2. The number of likely N-dealkylation sites (N-methyl/N-ethyl adjacent to an activating group) is 1. The quantitative estimate of drug-likeness (QED) is 0.235. The molecule has 0 spiro atoms. The zero-order chi connectivity index (χ0) is 30.9. The second-order valence-corrected chi connectivity index (χ2v) is 11.3. The molecule has 0 saturated carbocycles. The van der Waals surface area contributed by atoms with E-state index in [9.17, 15) is 46.9 Å². The maximum atomic E-state index is 14.1. The number of imide groups is 1. The third-order valence-corrected chi connectivity index (χ3v) is 7.99. The highest BCUT2D eigenvalue weighted by Crippen LogP contribution is 2.38. The van der Waals surface area contributed by atoms with E-state index < -0.39 is 76.4 Å². The van der Waals surface area contributed by atoms with Gasteiger partial charge in [0.05, 0.1) is 4.90 Å². The molecule has 4 amide bonds. The van der Waals surface area contributed by atoms with Crippen LogP contribution in [0, 0.1) is 5.82 Å². The highest BCUT2D eigenvalue weighted by molar-refractivity contribution is 7.89. The smallest absolute Gasteiger partial charge is 0.526 e. The van der Waals surface area contributed by atoms with Crippen molar-refractivity contribution in [3.63, 3.8) is 0 Å². The van der Waals surface area contributed by atoms with Gasteiger partial charge in [-0.2, -0.15) is 0 Å². The van der Waals surface area contributed by atoms with Crippen molar-refractivity contribution in [2.75, 3.05) is 19.6 Å². The molecule has 0 bridgehead atoms. The van der Waals surface area contributed by atoms with E-state index in [1.807, 2.05) is 0 Å². The number of aromatic carboxylic acids is 1. The van der Waals surface area contributed by atoms with Crippen molar-refractivity contribution >= 4 is 46.7 Å². The minimum absolute atomic E-state index is 0.0834. The number of Topliss-reactive ketones (excluding diaryl/α,β-unsaturated/α-hetero) is 1. The summed E-state index contributed by atoms with van der Waals surface area (Å²) in [4.78, 5) is 64.7. The summed E-state index contributed by atoms with van der Waals surface area (Å²) in [5.41, 5.74) is -0.430. The van der Waals surface area contributed by atoms with Crippen LogP contribution < -0.4 is 15.1 Å². The number of carbonyl (C=O) groups is 5. The summed E-state index contributed by atoms with van der Waals surface area (Å²) in [6.07, 6.45) is -0.529. The molecule has 17 heteroatoms. The Morgan fingerprint density at radius 3 is 2.40 bits per heavy atom. The normalized spacial score (nSPS) is 17.8. The minimum Gasteiger partial charge on any atom is -0.535 e. The van der Waals surface area contributed by atoms with Crippen LogP contribution in [0.5, 0.6) is 5.75 Å². The zero-order valence-electron chi connectivity index (χ0n) is 22.2. The summed E-state index contributed by atoms with van der Waals surface area (Å²) in [5, 5.41) is 27.5. The Bertz CT molecular complexity index is 1570. The van der Waals surface area contributed by atoms with Gasteiger partial charge in [0.15, 0.2) is 5.78 Å². The van der Waals surface area contributed by atoms with Crippen LogP contribution in [0.4, 0.5) is 9.18 Å². The zero-order valence-corrected chi connectivity index (χ0v) is 23.0. The molecule has 5 N–H and O–H groups in total. The van der Waals surface area contributed by atoms with Crippen molar-refractivity contribution in [1.82, 2.24) is 15.1 Å². The summed E-state index contributed by atoms with van der Waals surface area (Å²) in [5.74, 6) is -6.68. The lowest BCUT2D eigenvalue weighted by Crippen LogP contribution is -2.58. The summed E-state index contributed by atoms with van der Waals surface area (Å²) in [6.45, 7) is 1.87. The number of nitrogens with zero attached hydrogens (tertiary/aromatic N) is 2. The van der Waals surface area contributed by atoms with E-state index in [0.29, 0.717) is 4.90 Å². The number of urea groups is 1. The van der Waals surface area contributed by atoms with Crippen molar-refractivity contribution in [1.29, 1.82) is 0 Å². The van der Waals surface area contributed by atoms with Gasteiger partial charge in [-0.1, -0.05) is 18.2 Å². The predicted molar refractivity (Wildman–Crippen MR) is 142 cm³/mol. The summed E-state index contributed by atoms with van der Waals surface area (Å²) < 4.78 is 42.8. The number of sulfonamides is 1. The molecule has 2 aliphatic heterocycles. The molecule has 0 radical (unpaired) electrons. The standard InChI is InChI=1S/C25H26BFN4O10S/c1-2-30-9-10-31(23(34)22(30)33)25(37)29-20(13-3-6-16(7-4-13)42(28,39)40)18(32)12-15-11-14-5-8-17(27)19(24(35)36)21(14)41-26(15)38/h3-8,15,20,38H,2,9-12H2,1H3,(H,29,37)(H,35,36)(H2,28,39,40)/t15-,20?/m1/s1. The largest absolute Gasteiger partial charge is 0.535 e. The molecular weight excluding hydrogens is 578 g/mol. The fourth-order valence-corrected chi connectivity index (χ4v) is 5.33. The number of halogens is 1. The number of carboxylic acid groups (broad SMARTS) is 1. The van der Waals surface area contributed by atoms with Crippen molar-refractivity contribution in [2.45, 2.75) is 36.5 Å². The van der Waals surface area contributed by atoms with E-state index in [1.165, 1.54) is 23.1 Å². The molecule has 0 aromatic heterocycles. The van der Waals surface area contributed by atoms with Gasteiger partial charge in [0.2, 0.25) is 10.0 Å². The van der Waals surface area contributed by atoms with E-state index in [-0.39, 0.29) is 47.8 Å². The van der Waals surface area contributed by atoms with Crippen LogP contribution >= 0.6 is 0 Å². The molecule has 1 unspecified atom stereocenters. The number of amides is 4. The number of carbonyl (C=O) groups excluding carboxylic acids is 4. The van der Waals surface area contributed by atoms with Crippen molar-refractivity contribution in [2.24, 2.45) is 5.14 Å². The molecule has 1 fully saturated rings. The Morgan fingerprint density at radius 1 is 1.14 bits per heavy atom. The van der Waals surface area contributed by atoms with E-state index >= 15 is 0 Å². The van der Waals surface area contributed by atoms with E-state index in [0.717, 1.165) is 18.2 Å². The summed E-state index contributed by atoms with van der Waals surface area (Å²) in [7, 11) is -5.80. The molecule has 2 heterocycles. The van der Waals surface area contributed by atoms with Crippen LogP contribution in [0.25, 0.3) is 0 Å². The molecule has 1 saturated heterocycles. The lowest BCUT2D eigenvalue weighted by atomic mass is 9.64. The minimum atomic E-state index is -4.08. The maximum absolute atomic E-state index is 14.1. The first kappa shape index (κ1) is 30.6. The number of piperazine rings is 1. The lowest BCUT2D eigenvalue weighted by molar-refractivity contribution is -0.153. The second-order valence-electron chi connectivity index (χ2n) is 9.70. The third kappa shape index (κ3) is 6.12. The van der Waals surface area contributed by atoms with Crippen molar-refractivity contribution in [3.8, 4) is 5.75 Å². The molecule has 0 aliphatic carbocycles. The van der Waals surface area contributed by atoms with Gasteiger partial charge in [0.25, 0.3) is 0 Å². The number of benzene rings is 2. The predicted octanol–water partition coefficient (Wildman–Crippen LogP) is 0.0577. The lowest BCUT2D eigenvalue weighted by Gasteiger charge is -2.33. The Kier molecular flexibility index (Phi) is 8.65. The number of hydrogen-bond donors (Lipinski definition) is 4. The van der Waals surface area contributed by atoms with Gasteiger partial charge in [-0.05, 0) is 42.7 Å². The summed E-state index contributed by atoms with van der Waals surface area (Å²) in [6, 6.07) is 4.36. The third-order valence-electron chi connectivity index (χ3n) is 7.06. The fraction of sp³-hybridized carbons (Fsp3) is 0.320. The van der Waals surface area contributed by atoms with E-state index in [4.69, 9.17) is 9.79 Å². The van der Waals surface area contributed by atoms with Gasteiger partial charge in [0.1, 0.15) is 23.2 Å². The first-order valence-electron chi connectivity index (χ1n) is 12.7. The van der Waals surface area contributed by atoms with Crippen LogP contribution in [0.3, 0.4) is 0 Å². The molecule has 4 rings (SSSR count). The second kappa shape index (κ2) is 11.9. The van der Waals surface area contributed by atoms with Crippen molar-refractivity contribution in [3.05, 3.63) is 58.9 Å². The Balaban J connectivity index is 1.60. The molecule has 222 valence electrons. The average Bonchev–Trinajstić information content (AvgIpc) is 2.93. The number of fused-ring (bicyclic) bond motifs is 1. The van der Waals surface area contributed by atoms with Crippen LogP contribution in [-0.2, 0) is 30.8 Å². The average molecular weight is 604 g/mol. The van der Waals surface area contributed by atoms with E-state index in [1.54, 1.807) is 6.92 Å². The number of nitrogens with one attached hydrogen (secondary N) is 1. The van der Waals surface area contributed by atoms with Gasteiger partial charge in [-0.15, -0.1) is 0 Å². The first-order chi connectivity index (χ1) is 19.7. The molecule has 2 aromatic carbocycles. The van der Waals surface area contributed by atoms with Crippen molar-refractivity contribution < 1.29 is 51.6 Å². The van der Waals surface area contributed by atoms with Gasteiger partial charge >= 0.3 is 30.9 Å². The number of ketones is 1. The summed E-state index contributed by atoms with van der Waals surface area (Å²) >= 11 is 0. The van der Waals surface area contributed by atoms with Crippen LogP contribution in [-0.4, -0.2) is 84.7 Å². The molecule has 14 nitrogen and oxygen atoms in total. The number of hydrogen-bond acceptors (Lipinski definition) is 9. The van der Waals surface area contributed by atoms with Gasteiger partial charge < -0.3 is 25.0 Å². The highest BCUT2D eigenvalue weighted by Gasteiger charge is 2.41. The number of rotatable bonds is 8. The maximum Gasteiger partial charge on any atom is 0.526 e. The highest BCUT2D eigenvalue weighted by atomic mass is 32.2. The van der Waals surface area contributed by atoms with Gasteiger partial charge in [-0.25, -0.2) is 27.5 Å². The Hall–Kier alpha value is -4.35. The monoisotopic (exact) mass is 604 g/mol.